The zero-order valence-electron chi connectivity index (χ0n) is 18.3. The van der Waals surface area contributed by atoms with E-state index >= 15 is 0 Å². The molecule has 0 bridgehead atoms. The van der Waals surface area contributed by atoms with Crippen LogP contribution in [0.4, 0.5) is 14.5 Å². The molecular formula is C21H22F2N4O5S. The minimum absolute atomic E-state index is 0.0955. The van der Waals surface area contributed by atoms with Crippen LogP contribution in [-0.4, -0.2) is 55.8 Å². The number of methoxy groups -OCH3 is 1. The van der Waals surface area contributed by atoms with Crippen molar-refractivity contribution in [1.29, 1.82) is 0 Å². The van der Waals surface area contributed by atoms with Gasteiger partial charge in [-0.1, -0.05) is 5.16 Å². The second-order valence-electron chi connectivity index (χ2n) is 7.27. The second-order valence-corrected chi connectivity index (χ2v) is 9.13. The Labute approximate surface area is 189 Å². The third kappa shape index (κ3) is 5.45. The number of amides is 1. The van der Waals surface area contributed by atoms with Gasteiger partial charge < -0.3 is 14.2 Å². The van der Waals surface area contributed by atoms with Crippen LogP contribution in [0.3, 0.4) is 0 Å². The molecule has 33 heavy (non-hydrogen) atoms. The number of ether oxygens (including phenoxy) is 1. The predicted octanol–water partition coefficient (Wildman–Crippen LogP) is 2.84. The van der Waals surface area contributed by atoms with E-state index in [9.17, 15) is 22.0 Å². The van der Waals surface area contributed by atoms with Gasteiger partial charge in [0, 0.05) is 18.7 Å². The van der Waals surface area contributed by atoms with Crippen molar-refractivity contribution in [3.63, 3.8) is 0 Å². The molecule has 3 aromatic rings. The van der Waals surface area contributed by atoms with Crippen LogP contribution in [0.15, 0.2) is 47.0 Å². The number of benzene rings is 2. The van der Waals surface area contributed by atoms with E-state index in [1.807, 2.05) is 0 Å². The van der Waals surface area contributed by atoms with Gasteiger partial charge in [0.05, 0.1) is 25.6 Å². The number of hydrogen-bond donors (Lipinski definition) is 0. The first kappa shape index (κ1) is 24.1. The van der Waals surface area contributed by atoms with Crippen molar-refractivity contribution in [1.82, 2.24) is 15.0 Å². The lowest BCUT2D eigenvalue weighted by Gasteiger charge is -2.30. The smallest absolute Gasteiger partial charge is 0.246 e. The van der Waals surface area contributed by atoms with Crippen LogP contribution in [-0.2, 0) is 21.4 Å². The summed E-state index contributed by atoms with van der Waals surface area (Å²) in [6.07, 6.45) is 0.872. The summed E-state index contributed by atoms with van der Waals surface area (Å²) in [4.78, 5) is 18.4. The average Bonchev–Trinajstić information content (AvgIpc) is 3.23. The molecule has 0 aliphatic heterocycles. The molecule has 1 unspecified atom stereocenters. The highest BCUT2D eigenvalue weighted by Crippen LogP contribution is 2.24. The molecule has 3 rings (SSSR count). The summed E-state index contributed by atoms with van der Waals surface area (Å²) in [5.74, 6) is -1.88. The summed E-state index contributed by atoms with van der Waals surface area (Å²) in [7, 11) is -1.02. The fourth-order valence-electron chi connectivity index (χ4n) is 3.20. The monoisotopic (exact) mass is 480 g/mol. The number of sulfonamides is 1. The molecule has 0 fully saturated rings. The van der Waals surface area contributed by atoms with E-state index < -0.39 is 33.6 Å². The van der Waals surface area contributed by atoms with Gasteiger partial charge in [0.1, 0.15) is 11.8 Å². The Balaban J connectivity index is 1.77. The molecule has 2 aromatic carbocycles. The number of anilines is 1. The maximum atomic E-state index is 13.7. The molecule has 1 atom stereocenters. The van der Waals surface area contributed by atoms with E-state index in [4.69, 9.17) is 9.26 Å². The van der Waals surface area contributed by atoms with Crippen LogP contribution in [0.25, 0.3) is 11.4 Å². The van der Waals surface area contributed by atoms with Crippen molar-refractivity contribution in [2.75, 3.05) is 24.7 Å². The zero-order valence-corrected chi connectivity index (χ0v) is 19.1. The van der Waals surface area contributed by atoms with Gasteiger partial charge in [-0.2, -0.15) is 4.98 Å². The molecule has 12 heteroatoms. The molecule has 0 N–H and O–H groups in total. The Hall–Kier alpha value is -3.54. The van der Waals surface area contributed by atoms with Crippen molar-refractivity contribution >= 4 is 21.6 Å². The molecule has 9 nitrogen and oxygen atoms in total. The lowest BCUT2D eigenvalue weighted by molar-refractivity contribution is -0.131. The van der Waals surface area contributed by atoms with Crippen LogP contribution in [0.2, 0.25) is 0 Å². The fourth-order valence-corrected chi connectivity index (χ4v) is 4.36. The number of carbonyl (C=O) groups excluding carboxylic acids is 1. The Kier molecular flexibility index (Phi) is 6.96. The number of hydrogen-bond acceptors (Lipinski definition) is 7. The summed E-state index contributed by atoms with van der Waals surface area (Å²) >= 11 is 0. The molecular weight excluding hydrogens is 458 g/mol. The van der Waals surface area contributed by atoms with Gasteiger partial charge >= 0.3 is 0 Å². The number of carbonyl (C=O) groups is 1. The molecule has 1 heterocycles. The third-order valence-electron chi connectivity index (χ3n) is 4.79. The Morgan fingerprint density at radius 2 is 1.82 bits per heavy atom. The van der Waals surface area contributed by atoms with Crippen LogP contribution in [0, 0.1) is 11.6 Å². The topological polar surface area (TPSA) is 106 Å². The lowest BCUT2D eigenvalue weighted by Crippen LogP contribution is -2.48. The highest BCUT2D eigenvalue weighted by Gasteiger charge is 2.32. The maximum absolute atomic E-state index is 13.7. The summed E-state index contributed by atoms with van der Waals surface area (Å²) in [5.41, 5.74) is 0.500. The molecule has 1 amide bonds. The number of rotatable bonds is 8. The fraction of sp³-hybridized carbons (Fsp3) is 0.286. The highest BCUT2D eigenvalue weighted by atomic mass is 32.2. The van der Waals surface area contributed by atoms with Gasteiger partial charge in [-0.05, 0) is 43.3 Å². The number of halogens is 2. The Morgan fingerprint density at radius 3 is 2.39 bits per heavy atom. The van der Waals surface area contributed by atoms with E-state index in [-0.39, 0.29) is 18.1 Å². The van der Waals surface area contributed by atoms with Crippen LogP contribution in [0.1, 0.15) is 12.8 Å². The largest absolute Gasteiger partial charge is 0.497 e. The second kappa shape index (κ2) is 9.53. The number of nitrogens with zero attached hydrogens (tertiary/aromatic N) is 4. The molecule has 0 spiro atoms. The standard InChI is InChI=1S/C21H22F2N4O5S/c1-13(27(33(4,29)30)15-7-10-17(22)18(23)11-15)21(28)26(2)12-19-24-20(25-32-19)14-5-8-16(31-3)9-6-14/h5-11,13H,12H2,1-4H3. The molecule has 0 radical (unpaired) electrons. The van der Waals surface area contributed by atoms with Gasteiger partial charge in [-0.3, -0.25) is 9.10 Å². The van der Waals surface area contributed by atoms with Crippen molar-refractivity contribution in [3.8, 4) is 17.1 Å². The van der Waals surface area contributed by atoms with Crippen molar-refractivity contribution in [3.05, 3.63) is 60.0 Å². The van der Waals surface area contributed by atoms with Crippen molar-refractivity contribution in [2.45, 2.75) is 19.5 Å². The Bertz CT molecular complexity index is 1250. The highest BCUT2D eigenvalue weighted by molar-refractivity contribution is 7.92. The summed E-state index contributed by atoms with van der Waals surface area (Å²) in [6, 6.07) is 8.32. The van der Waals surface area contributed by atoms with E-state index in [0.717, 1.165) is 28.8 Å². The summed E-state index contributed by atoms with van der Waals surface area (Å²) in [5, 5.41) is 3.89. The SMILES string of the molecule is COc1ccc(-c2noc(CN(C)C(=O)C(C)N(c3ccc(F)c(F)c3)S(C)(=O)=O)n2)cc1. The zero-order chi connectivity index (χ0) is 24.3. The lowest BCUT2D eigenvalue weighted by atomic mass is 10.2. The average molecular weight is 480 g/mol. The molecule has 0 saturated carbocycles. The summed E-state index contributed by atoms with van der Waals surface area (Å²) in [6.45, 7) is 1.25. The van der Waals surface area contributed by atoms with Gasteiger partial charge in [0.2, 0.25) is 27.6 Å². The van der Waals surface area contributed by atoms with E-state index in [1.54, 1.807) is 31.4 Å². The first-order chi connectivity index (χ1) is 15.5. The van der Waals surface area contributed by atoms with Crippen molar-refractivity contribution < 1.29 is 31.3 Å². The molecule has 0 aliphatic rings. The Morgan fingerprint density at radius 1 is 1.15 bits per heavy atom. The van der Waals surface area contributed by atoms with Gasteiger partial charge in [0.15, 0.2) is 11.6 Å². The van der Waals surface area contributed by atoms with E-state index in [0.29, 0.717) is 17.1 Å². The van der Waals surface area contributed by atoms with E-state index in [2.05, 4.69) is 10.1 Å². The number of likely N-dealkylation sites (N-methyl/N-ethyl adjacent to an activating group) is 1. The number of aromatic nitrogens is 2. The minimum Gasteiger partial charge on any atom is -0.497 e. The maximum Gasteiger partial charge on any atom is 0.246 e. The van der Waals surface area contributed by atoms with Crippen LogP contribution < -0.4 is 9.04 Å². The van der Waals surface area contributed by atoms with E-state index in [1.165, 1.54) is 18.9 Å². The van der Waals surface area contributed by atoms with Crippen LogP contribution in [0.5, 0.6) is 5.75 Å². The predicted molar refractivity (Wildman–Crippen MR) is 116 cm³/mol. The van der Waals surface area contributed by atoms with Gasteiger partial charge in [-0.25, -0.2) is 17.2 Å². The molecule has 0 saturated heterocycles. The minimum atomic E-state index is -4.00. The first-order valence-corrected chi connectivity index (χ1v) is 11.5. The molecule has 1 aromatic heterocycles. The summed E-state index contributed by atoms with van der Waals surface area (Å²) < 4.78 is 62.7. The van der Waals surface area contributed by atoms with Crippen molar-refractivity contribution in [2.24, 2.45) is 0 Å². The molecule has 176 valence electrons. The van der Waals surface area contributed by atoms with Gasteiger partial charge in [-0.15, -0.1) is 0 Å². The van der Waals surface area contributed by atoms with Gasteiger partial charge in [0.25, 0.3) is 0 Å². The normalized spacial score (nSPS) is 12.3. The quantitative estimate of drug-likeness (QED) is 0.488. The van der Waals surface area contributed by atoms with Crippen LogP contribution >= 0.6 is 0 Å². The first-order valence-electron chi connectivity index (χ1n) is 9.67. The molecule has 0 aliphatic carbocycles. The third-order valence-corrected chi connectivity index (χ3v) is 6.03.